The van der Waals surface area contributed by atoms with Gasteiger partial charge in [0.2, 0.25) is 0 Å². The number of phosphoric acid groups is 1. The van der Waals surface area contributed by atoms with Crippen LogP contribution in [0, 0.1) is 0 Å². The van der Waals surface area contributed by atoms with Crippen LogP contribution in [0.2, 0.25) is 0 Å². The molecule has 0 saturated carbocycles. The molecular weight excluding hydrogens is 735 g/mol. The summed E-state index contributed by atoms with van der Waals surface area (Å²) in [5.41, 5.74) is 0. The molecule has 0 radical (unpaired) electrons. The van der Waals surface area contributed by atoms with Crippen LogP contribution < -0.4 is 0 Å². The number of carbonyl (C=O) groups is 2. The summed E-state index contributed by atoms with van der Waals surface area (Å²) in [6, 6.07) is 0. The van der Waals surface area contributed by atoms with Crippen LogP contribution >= 0.6 is 7.82 Å². The molecule has 0 saturated heterocycles. The normalized spacial score (nSPS) is 12.6. The first-order chi connectivity index (χ1) is 27.8. The Kier molecular flexibility index (Phi) is 43.0. The monoisotopic (exact) mass is 827 g/mol. The highest BCUT2D eigenvalue weighted by Gasteiger charge is 2.23. The van der Waals surface area contributed by atoms with Crippen LogP contribution in [0.4, 0.5) is 0 Å². The molecule has 0 aliphatic rings. The molecule has 0 rings (SSSR count). The third-order valence-electron chi connectivity index (χ3n) is 10.7. The van der Waals surface area contributed by atoms with E-state index in [2.05, 4.69) is 42.7 Å². The van der Waals surface area contributed by atoms with Crippen molar-refractivity contribution in [2.24, 2.45) is 0 Å². The fourth-order valence-electron chi connectivity index (χ4n) is 7.11. The Morgan fingerprint density at radius 1 is 0.456 bits per heavy atom. The van der Waals surface area contributed by atoms with Crippen molar-refractivity contribution in [2.45, 2.75) is 258 Å². The van der Waals surface area contributed by atoms with Gasteiger partial charge in [0, 0.05) is 12.8 Å². The maximum Gasteiger partial charge on any atom is 0.469 e. The number of rotatable bonds is 45. The second-order valence-electron chi connectivity index (χ2n) is 16.4. The van der Waals surface area contributed by atoms with Gasteiger partial charge in [0.25, 0.3) is 0 Å². The quantitative estimate of drug-likeness (QED) is 0.0270. The zero-order valence-electron chi connectivity index (χ0n) is 37.3. The van der Waals surface area contributed by atoms with E-state index < -0.39 is 32.5 Å². The minimum atomic E-state index is -4.76. The maximum atomic E-state index is 12.4. The molecule has 0 fully saturated rings. The lowest BCUT2D eigenvalue weighted by molar-refractivity contribution is -0.161. The zero-order chi connectivity index (χ0) is 41.8. The Bertz CT molecular complexity index is 977. The molecule has 1 atom stereocenters. The highest BCUT2D eigenvalue weighted by Crippen LogP contribution is 2.36. The predicted molar refractivity (Wildman–Crippen MR) is 239 cm³/mol. The highest BCUT2D eigenvalue weighted by molar-refractivity contribution is 7.46. The highest BCUT2D eigenvalue weighted by atomic mass is 31.2. The van der Waals surface area contributed by atoms with Gasteiger partial charge in [-0.1, -0.05) is 218 Å². The number of unbranched alkanes of at least 4 members (excludes halogenated alkanes) is 31. The van der Waals surface area contributed by atoms with Gasteiger partial charge in [-0.25, -0.2) is 4.57 Å². The summed E-state index contributed by atoms with van der Waals surface area (Å²) in [5.74, 6) is -0.888. The minimum absolute atomic E-state index is 0.199. The summed E-state index contributed by atoms with van der Waals surface area (Å²) >= 11 is 0. The second kappa shape index (κ2) is 44.1. The van der Waals surface area contributed by atoms with Gasteiger partial charge < -0.3 is 19.3 Å². The molecule has 57 heavy (non-hydrogen) atoms. The van der Waals surface area contributed by atoms with E-state index >= 15 is 0 Å². The molecule has 0 aromatic heterocycles. The number of phosphoric ester groups is 1. The van der Waals surface area contributed by atoms with E-state index in [1.165, 1.54) is 161 Å². The van der Waals surface area contributed by atoms with Gasteiger partial charge in [-0.2, -0.15) is 0 Å². The maximum absolute atomic E-state index is 12.4. The summed E-state index contributed by atoms with van der Waals surface area (Å²) in [4.78, 5) is 43.0. The summed E-state index contributed by atoms with van der Waals surface area (Å²) in [7, 11) is -4.76. The standard InChI is InChI=1S/C48H91O8P/c1-3-5-7-9-11-13-15-17-19-20-21-22-23-24-25-26-27-29-30-32-34-36-38-40-42-47(49)54-44-46(45-55-57(51,52)53)56-48(50)43-41-39-37-35-33-31-28-18-16-14-12-10-8-6-4-2/h12,14,18,28,46H,3-11,13,15-17,19-27,29-45H2,1-2H3,(H2,51,52,53)/b14-12-,28-18-. The van der Waals surface area contributed by atoms with Crippen molar-refractivity contribution >= 4 is 19.8 Å². The Morgan fingerprint density at radius 2 is 0.789 bits per heavy atom. The van der Waals surface area contributed by atoms with E-state index in [9.17, 15) is 14.2 Å². The van der Waals surface area contributed by atoms with Gasteiger partial charge in [-0.05, 0) is 44.9 Å². The molecule has 0 heterocycles. The summed E-state index contributed by atoms with van der Waals surface area (Å²) in [6.45, 7) is 3.68. The van der Waals surface area contributed by atoms with Gasteiger partial charge in [0.15, 0.2) is 6.10 Å². The van der Waals surface area contributed by atoms with Gasteiger partial charge in [0.05, 0.1) is 6.61 Å². The van der Waals surface area contributed by atoms with Crippen LogP contribution in [0.15, 0.2) is 24.3 Å². The molecular formula is C48H91O8P. The van der Waals surface area contributed by atoms with Crippen LogP contribution in [0.25, 0.3) is 0 Å². The third-order valence-corrected chi connectivity index (χ3v) is 11.2. The van der Waals surface area contributed by atoms with E-state index in [-0.39, 0.29) is 19.4 Å². The fraction of sp³-hybridized carbons (Fsp3) is 0.875. The summed E-state index contributed by atoms with van der Waals surface area (Å²) in [5, 5.41) is 0. The van der Waals surface area contributed by atoms with Gasteiger partial charge in [-0.3, -0.25) is 14.1 Å². The molecule has 0 aromatic carbocycles. The number of ether oxygens (including phenoxy) is 2. The topological polar surface area (TPSA) is 119 Å². The van der Waals surface area contributed by atoms with E-state index in [4.69, 9.17) is 19.3 Å². The third kappa shape index (κ3) is 47.1. The first-order valence-electron chi connectivity index (χ1n) is 24.1. The Morgan fingerprint density at radius 3 is 1.19 bits per heavy atom. The molecule has 0 amide bonds. The Hall–Kier alpha value is -1.47. The number of carbonyl (C=O) groups excluding carboxylic acids is 2. The number of allylic oxidation sites excluding steroid dienone is 4. The van der Waals surface area contributed by atoms with Gasteiger partial charge in [-0.15, -0.1) is 0 Å². The lowest BCUT2D eigenvalue weighted by Crippen LogP contribution is -2.29. The first kappa shape index (κ1) is 55.5. The average Bonchev–Trinajstić information content (AvgIpc) is 3.18. The molecule has 0 bridgehead atoms. The van der Waals surface area contributed by atoms with Crippen molar-refractivity contribution in [3.63, 3.8) is 0 Å². The van der Waals surface area contributed by atoms with Crippen molar-refractivity contribution in [1.82, 2.24) is 0 Å². The Balaban J connectivity index is 3.78. The number of hydrogen-bond donors (Lipinski definition) is 2. The molecule has 336 valence electrons. The average molecular weight is 827 g/mol. The molecule has 0 aliphatic heterocycles. The number of hydrogen-bond acceptors (Lipinski definition) is 6. The molecule has 9 heteroatoms. The Labute approximate surface area is 351 Å². The summed E-state index contributed by atoms with van der Waals surface area (Å²) < 4.78 is 26.5. The van der Waals surface area contributed by atoms with Crippen LogP contribution in [0.3, 0.4) is 0 Å². The molecule has 0 aliphatic carbocycles. The van der Waals surface area contributed by atoms with E-state index in [0.717, 1.165) is 57.8 Å². The van der Waals surface area contributed by atoms with Gasteiger partial charge in [0.1, 0.15) is 6.61 Å². The van der Waals surface area contributed by atoms with Crippen LogP contribution in [-0.4, -0.2) is 41.0 Å². The molecule has 1 unspecified atom stereocenters. The van der Waals surface area contributed by atoms with Crippen LogP contribution in [-0.2, 0) is 28.2 Å². The number of esters is 2. The smallest absolute Gasteiger partial charge is 0.462 e. The molecule has 0 spiro atoms. The summed E-state index contributed by atoms with van der Waals surface area (Å²) in [6.07, 6.45) is 52.0. The molecule has 8 nitrogen and oxygen atoms in total. The first-order valence-corrected chi connectivity index (χ1v) is 25.7. The van der Waals surface area contributed by atoms with Crippen LogP contribution in [0.5, 0.6) is 0 Å². The fourth-order valence-corrected chi connectivity index (χ4v) is 7.47. The molecule has 0 aromatic rings. The largest absolute Gasteiger partial charge is 0.469 e. The van der Waals surface area contributed by atoms with Gasteiger partial charge >= 0.3 is 19.8 Å². The van der Waals surface area contributed by atoms with Crippen molar-refractivity contribution in [3.8, 4) is 0 Å². The van der Waals surface area contributed by atoms with E-state index in [1.54, 1.807) is 0 Å². The lowest BCUT2D eigenvalue weighted by Gasteiger charge is -2.18. The van der Waals surface area contributed by atoms with Crippen molar-refractivity contribution in [1.29, 1.82) is 0 Å². The van der Waals surface area contributed by atoms with Crippen molar-refractivity contribution < 1.29 is 37.9 Å². The zero-order valence-corrected chi connectivity index (χ0v) is 38.1. The predicted octanol–water partition coefficient (Wildman–Crippen LogP) is 15.1. The van der Waals surface area contributed by atoms with Crippen LogP contribution in [0.1, 0.15) is 251 Å². The SMILES string of the molecule is CCCCC/C=C\C/C=C\CCCCCCCC(=O)OC(COC(=O)CCCCCCCCCCCCCCCCCCCCCCCCCC)COP(=O)(O)O. The van der Waals surface area contributed by atoms with Crippen molar-refractivity contribution in [2.75, 3.05) is 13.2 Å². The second-order valence-corrected chi connectivity index (χ2v) is 17.7. The molecule has 2 N–H and O–H groups in total. The van der Waals surface area contributed by atoms with E-state index in [1.807, 2.05) is 0 Å². The lowest BCUT2D eigenvalue weighted by atomic mass is 10.0. The van der Waals surface area contributed by atoms with E-state index in [0.29, 0.717) is 6.42 Å². The van der Waals surface area contributed by atoms with Crippen molar-refractivity contribution in [3.05, 3.63) is 24.3 Å². The minimum Gasteiger partial charge on any atom is -0.462 e.